The van der Waals surface area contributed by atoms with Crippen LogP contribution in [0.4, 0.5) is 22.0 Å². The Morgan fingerprint density at radius 2 is 1.85 bits per heavy atom. The van der Waals surface area contributed by atoms with Gasteiger partial charge in [0.05, 0.1) is 10.5 Å². The lowest BCUT2D eigenvalue weighted by atomic mass is 10.1. The third kappa shape index (κ3) is 1.94. The van der Waals surface area contributed by atoms with Crippen LogP contribution >= 0.6 is 0 Å². The number of fused-ring (bicyclic) bond motifs is 1. The second-order valence-corrected chi connectivity index (χ2v) is 6.20. The molecule has 10 heteroatoms. The number of hydrogen-bond acceptors (Lipinski definition) is 3. The first-order chi connectivity index (χ1) is 8.89. The van der Waals surface area contributed by atoms with E-state index in [1.54, 1.807) is 0 Å². The molecule has 1 unspecified atom stereocenters. The maximum absolute atomic E-state index is 13.4. The third-order valence-electron chi connectivity index (χ3n) is 3.00. The molecule has 1 aliphatic carbocycles. The largest absolute Gasteiger partial charge is 0.593 e. The van der Waals surface area contributed by atoms with Crippen molar-refractivity contribution in [2.45, 2.75) is 28.9 Å². The topological polar surface area (TPSA) is 77.3 Å². The number of hydrogen-bond donors (Lipinski definition) is 1. The number of alkyl halides is 5. The van der Waals surface area contributed by atoms with Crippen LogP contribution in [0.2, 0.25) is 0 Å². The molecular weight excluding hydrogens is 311 g/mol. The molecule has 1 aromatic carbocycles. The third-order valence-corrected chi connectivity index (χ3v) is 4.54. The van der Waals surface area contributed by atoms with E-state index >= 15 is 0 Å². The highest BCUT2D eigenvalue weighted by Gasteiger charge is 2.55. The maximum Gasteiger partial charge on any atom is 0.501 e. The molecule has 0 spiro atoms. The molecule has 1 aromatic rings. The first-order valence-electron chi connectivity index (χ1n) is 5.14. The summed E-state index contributed by atoms with van der Waals surface area (Å²) in [5, 5.41) is 16.7. The molecular formula is C10H8F5O4S+. The van der Waals surface area contributed by atoms with Gasteiger partial charge < -0.3 is 10.2 Å². The Bertz CT molecular complexity index is 665. The predicted molar refractivity (Wildman–Crippen MR) is 56.4 cm³/mol. The van der Waals surface area contributed by atoms with Gasteiger partial charge in [-0.05, 0) is 6.07 Å². The van der Waals surface area contributed by atoms with E-state index in [2.05, 4.69) is 0 Å². The molecule has 0 saturated heterocycles. The predicted octanol–water partition coefficient (Wildman–Crippen LogP) is 1.64. The number of sulfone groups is 1. The Labute approximate surface area is 109 Å². The highest BCUT2D eigenvalue weighted by molar-refractivity contribution is 7.92. The van der Waals surface area contributed by atoms with Crippen molar-refractivity contribution in [1.82, 2.24) is 0 Å². The molecule has 0 fully saturated rings. The molecule has 112 valence electrons. The highest BCUT2D eigenvalue weighted by atomic mass is 32.2. The standard InChI is InChI=1S/C10H7F5O4S/c11-9(12)3-4-5(16)1-2-6(7(4)8(9)17)20(18,19)10(13,14)15/h1-2,8,16-17H,3H2/p+1. The first kappa shape index (κ1) is 15.0. The Morgan fingerprint density at radius 3 is 2.35 bits per heavy atom. The zero-order valence-corrected chi connectivity index (χ0v) is 10.3. The molecule has 0 saturated carbocycles. The van der Waals surface area contributed by atoms with E-state index < -0.39 is 55.6 Å². The van der Waals surface area contributed by atoms with Crippen molar-refractivity contribution < 1.29 is 40.6 Å². The molecule has 20 heavy (non-hydrogen) atoms. The lowest BCUT2D eigenvalue weighted by Crippen LogP contribution is -2.26. The normalized spacial score (nSPS) is 21.8. The van der Waals surface area contributed by atoms with Crippen molar-refractivity contribution in [1.29, 1.82) is 0 Å². The molecule has 1 aliphatic rings. The summed E-state index contributed by atoms with van der Waals surface area (Å²) >= 11 is 0. The molecule has 4 nitrogen and oxygen atoms in total. The van der Waals surface area contributed by atoms with Crippen LogP contribution in [-0.2, 0) is 16.3 Å². The summed E-state index contributed by atoms with van der Waals surface area (Å²) in [6.45, 7) is 0. The van der Waals surface area contributed by atoms with Crippen LogP contribution in [0.25, 0.3) is 0 Å². The zero-order valence-electron chi connectivity index (χ0n) is 9.50. The molecule has 0 amide bonds. The van der Waals surface area contributed by atoms with Gasteiger partial charge in [-0.3, -0.25) is 0 Å². The smallest absolute Gasteiger partial charge is 0.501 e. The number of aliphatic hydroxyl groups excluding tert-OH is 1. The summed E-state index contributed by atoms with van der Waals surface area (Å²) in [4.78, 5) is -1.43. The Morgan fingerprint density at radius 1 is 1.30 bits per heavy atom. The minimum absolute atomic E-state index is 0.411. The van der Waals surface area contributed by atoms with Crippen LogP contribution in [-0.4, -0.2) is 30.1 Å². The van der Waals surface area contributed by atoms with Crippen LogP contribution in [0, 0.1) is 0 Å². The average molecular weight is 319 g/mol. The van der Waals surface area contributed by atoms with Gasteiger partial charge >= 0.3 is 5.51 Å². The van der Waals surface area contributed by atoms with Gasteiger partial charge in [0.25, 0.3) is 21.5 Å². The average Bonchev–Trinajstić information content (AvgIpc) is 2.51. The fourth-order valence-electron chi connectivity index (χ4n) is 2.04. The molecule has 1 atom stereocenters. The zero-order chi connectivity index (χ0) is 15.5. The van der Waals surface area contributed by atoms with Crippen LogP contribution in [0.3, 0.4) is 0 Å². The maximum atomic E-state index is 13.4. The molecule has 2 rings (SSSR count). The van der Waals surface area contributed by atoms with Crippen molar-refractivity contribution in [2.24, 2.45) is 0 Å². The molecule has 0 bridgehead atoms. The minimum atomic E-state index is -5.88. The Kier molecular flexibility index (Phi) is 3.03. The Hall–Kier alpha value is -1.42. The van der Waals surface area contributed by atoms with Crippen molar-refractivity contribution >= 4 is 9.84 Å². The fourth-order valence-corrected chi connectivity index (χ4v) is 3.06. The fraction of sp³-hybridized carbons (Fsp3) is 0.400. The monoisotopic (exact) mass is 319 g/mol. The highest BCUT2D eigenvalue weighted by Crippen LogP contribution is 2.50. The van der Waals surface area contributed by atoms with Gasteiger partial charge in [0.15, 0.2) is 0 Å². The summed E-state index contributed by atoms with van der Waals surface area (Å²) in [5.41, 5.74) is -7.31. The summed E-state index contributed by atoms with van der Waals surface area (Å²) < 4.78 is 86.9. The summed E-state index contributed by atoms with van der Waals surface area (Å²) in [6.07, 6.45) is -3.86. The van der Waals surface area contributed by atoms with E-state index in [4.69, 9.17) is 5.11 Å². The van der Waals surface area contributed by atoms with Gasteiger partial charge in [0, 0.05) is 18.1 Å². The van der Waals surface area contributed by atoms with E-state index in [9.17, 15) is 35.5 Å². The number of benzene rings is 1. The number of halogens is 5. The molecule has 3 N–H and O–H groups in total. The van der Waals surface area contributed by atoms with Crippen molar-refractivity contribution in [3.05, 3.63) is 23.3 Å². The second-order valence-electron chi connectivity index (χ2n) is 4.29. The quantitative estimate of drug-likeness (QED) is 0.631. The molecule has 0 aliphatic heterocycles. The van der Waals surface area contributed by atoms with E-state index in [0.29, 0.717) is 12.1 Å². The summed E-state index contributed by atoms with van der Waals surface area (Å²) in [5.74, 6) is -4.35. The van der Waals surface area contributed by atoms with Gasteiger partial charge in [-0.15, -0.1) is 0 Å². The van der Waals surface area contributed by atoms with Crippen molar-refractivity contribution in [3.63, 3.8) is 0 Å². The van der Waals surface area contributed by atoms with E-state index in [-0.39, 0.29) is 0 Å². The van der Waals surface area contributed by atoms with Crippen LogP contribution in [0.1, 0.15) is 17.2 Å². The Balaban J connectivity index is 2.77. The molecule has 0 aromatic heterocycles. The van der Waals surface area contributed by atoms with Gasteiger partial charge in [0.1, 0.15) is 6.10 Å². The van der Waals surface area contributed by atoms with Crippen LogP contribution < -0.4 is 0 Å². The SMILES string of the molecule is O=S(=O)(c1ccc([OH2+])c2c1C(O)C(F)(F)C2)C(F)(F)F. The molecule has 0 radical (unpaired) electrons. The van der Waals surface area contributed by atoms with E-state index in [1.807, 2.05) is 0 Å². The molecule has 0 heterocycles. The van der Waals surface area contributed by atoms with E-state index in [1.165, 1.54) is 0 Å². The van der Waals surface area contributed by atoms with Crippen LogP contribution in [0.15, 0.2) is 17.0 Å². The van der Waals surface area contributed by atoms with Crippen LogP contribution in [0.5, 0.6) is 5.75 Å². The number of aliphatic hydroxyl groups is 1. The van der Waals surface area contributed by atoms with Gasteiger partial charge in [-0.1, -0.05) is 0 Å². The second kappa shape index (κ2) is 4.04. The van der Waals surface area contributed by atoms with Crippen molar-refractivity contribution in [3.8, 4) is 5.75 Å². The van der Waals surface area contributed by atoms with Gasteiger partial charge in [-0.2, -0.15) is 13.2 Å². The summed E-state index contributed by atoms with van der Waals surface area (Å²) in [7, 11) is -5.88. The summed E-state index contributed by atoms with van der Waals surface area (Å²) in [6, 6.07) is 1.10. The van der Waals surface area contributed by atoms with Crippen molar-refractivity contribution in [2.75, 3.05) is 0 Å². The van der Waals surface area contributed by atoms with Gasteiger partial charge in [0.2, 0.25) is 0 Å². The minimum Gasteiger partial charge on any atom is -0.593 e. The first-order valence-corrected chi connectivity index (χ1v) is 6.62. The lowest BCUT2D eigenvalue weighted by molar-refractivity contribution is -0.0978. The lowest BCUT2D eigenvalue weighted by Gasteiger charge is -2.16. The van der Waals surface area contributed by atoms with E-state index in [0.717, 1.165) is 0 Å². The van der Waals surface area contributed by atoms with Gasteiger partial charge in [-0.25, -0.2) is 17.2 Å². The number of rotatable bonds is 1.